The van der Waals surface area contributed by atoms with Crippen molar-refractivity contribution in [2.24, 2.45) is 5.10 Å². The number of fused-ring (bicyclic) bond motifs is 1. The maximum absolute atomic E-state index is 14.4. The number of carbonyl (C=O) groups excluding carboxylic acids is 1. The van der Waals surface area contributed by atoms with Gasteiger partial charge in [0, 0.05) is 26.8 Å². The summed E-state index contributed by atoms with van der Waals surface area (Å²) in [5.41, 5.74) is 6.00. The van der Waals surface area contributed by atoms with Gasteiger partial charge in [0.2, 0.25) is 0 Å². The highest BCUT2D eigenvalue weighted by Gasteiger charge is 2.14. The van der Waals surface area contributed by atoms with Crippen LogP contribution in [0.5, 0.6) is 0 Å². The predicted octanol–water partition coefficient (Wildman–Crippen LogP) is 5.51. The van der Waals surface area contributed by atoms with Gasteiger partial charge < -0.3 is 8.98 Å². The minimum atomic E-state index is -0.440. The molecule has 0 spiro atoms. The summed E-state index contributed by atoms with van der Waals surface area (Å²) in [6.07, 6.45) is 1.54. The van der Waals surface area contributed by atoms with Crippen molar-refractivity contribution < 1.29 is 13.6 Å². The molecule has 1 amide bonds. The lowest BCUT2D eigenvalue weighted by Crippen LogP contribution is -2.16. The lowest BCUT2D eigenvalue weighted by atomic mass is 10.2. The van der Waals surface area contributed by atoms with Gasteiger partial charge in [0.1, 0.15) is 11.4 Å². The zero-order chi connectivity index (χ0) is 20.5. The van der Waals surface area contributed by atoms with E-state index in [-0.39, 0.29) is 11.6 Å². The zero-order valence-electron chi connectivity index (χ0n) is 15.7. The van der Waals surface area contributed by atoms with Gasteiger partial charge in [-0.1, -0.05) is 34.1 Å². The van der Waals surface area contributed by atoms with Crippen LogP contribution in [-0.2, 0) is 0 Å². The Kier molecular flexibility index (Phi) is 5.07. The molecule has 0 atom stereocenters. The number of hydrogen-bond acceptors (Lipinski definition) is 3. The predicted molar refractivity (Wildman–Crippen MR) is 114 cm³/mol. The topological polar surface area (TPSA) is 59.5 Å². The van der Waals surface area contributed by atoms with Gasteiger partial charge in [-0.2, -0.15) is 5.10 Å². The molecule has 2 aromatic heterocycles. The van der Waals surface area contributed by atoms with Gasteiger partial charge in [0.15, 0.2) is 5.76 Å². The van der Waals surface area contributed by atoms with Gasteiger partial charge >= 0.3 is 5.91 Å². The van der Waals surface area contributed by atoms with Gasteiger partial charge in [-0.05, 0) is 50.2 Å². The second kappa shape index (κ2) is 7.67. The van der Waals surface area contributed by atoms with Crippen molar-refractivity contribution >= 4 is 39.0 Å². The van der Waals surface area contributed by atoms with Crippen LogP contribution in [-0.4, -0.2) is 16.7 Å². The highest BCUT2D eigenvalue weighted by atomic mass is 79.9. The summed E-state index contributed by atoms with van der Waals surface area (Å²) in [7, 11) is 0. The first-order chi connectivity index (χ1) is 13.9. The molecule has 5 nitrogen and oxygen atoms in total. The number of furan rings is 1. The second-order valence-electron chi connectivity index (χ2n) is 6.61. The van der Waals surface area contributed by atoms with Gasteiger partial charge in [-0.25, -0.2) is 9.82 Å². The molecule has 4 rings (SSSR count). The minimum Gasteiger partial charge on any atom is -0.451 e. The summed E-state index contributed by atoms with van der Waals surface area (Å²) in [6.45, 7) is 3.76. The zero-order valence-corrected chi connectivity index (χ0v) is 17.3. The van der Waals surface area contributed by atoms with E-state index < -0.39 is 5.91 Å². The van der Waals surface area contributed by atoms with E-state index in [9.17, 15) is 9.18 Å². The van der Waals surface area contributed by atoms with Crippen molar-refractivity contribution in [3.63, 3.8) is 0 Å². The molecule has 0 fully saturated rings. The van der Waals surface area contributed by atoms with Crippen molar-refractivity contribution in [1.29, 1.82) is 0 Å². The van der Waals surface area contributed by atoms with Crippen molar-refractivity contribution in [3.8, 4) is 5.69 Å². The van der Waals surface area contributed by atoms with Gasteiger partial charge in [-0.3, -0.25) is 4.79 Å². The number of nitrogens with one attached hydrogen (secondary N) is 1. The van der Waals surface area contributed by atoms with E-state index in [2.05, 4.69) is 26.5 Å². The Morgan fingerprint density at radius 2 is 1.97 bits per heavy atom. The van der Waals surface area contributed by atoms with E-state index in [1.54, 1.807) is 24.3 Å². The Hall–Kier alpha value is -3.19. The number of aromatic nitrogens is 1. The number of aryl methyl sites for hydroxylation is 1. The first-order valence-electron chi connectivity index (χ1n) is 8.90. The molecule has 0 aliphatic rings. The van der Waals surface area contributed by atoms with E-state index in [1.807, 2.05) is 42.7 Å². The number of nitrogens with zero attached hydrogens (tertiary/aromatic N) is 2. The molecule has 7 heteroatoms. The van der Waals surface area contributed by atoms with Crippen LogP contribution in [0.1, 0.15) is 27.5 Å². The van der Waals surface area contributed by atoms with Crippen molar-refractivity contribution in [2.45, 2.75) is 13.8 Å². The third-order valence-electron chi connectivity index (χ3n) is 4.64. The van der Waals surface area contributed by atoms with Crippen molar-refractivity contribution in [3.05, 3.63) is 87.6 Å². The molecule has 0 aliphatic heterocycles. The van der Waals surface area contributed by atoms with Crippen molar-refractivity contribution in [2.75, 3.05) is 0 Å². The second-order valence-corrected chi connectivity index (χ2v) is 7.52. The molecule has 1 N–H and O–H groups in total. The largest absolute Gasteiger partial charge is 0.451 e. The number of rotatable bonds is 4. The molecule has 29 heavy (non-hydrogen) atoms. The summed E-state index contributed by atoms with van der Waals surface area (Å²) in [5.74, 6) is -0.584. The van der Waals surface area contributed by atoms with E-state index in [4.69, 9.17) is 4.42 Å². The monoisotopic (exact) mass is 453 g/mol. The molecule has 0 radical (unpaired) electrons. The normalized spacial score (nSPS) is 11.4. The number of benzene rings is 2. The molecule has 4 aromatic rings. The van der Waals surface area contributed by atoms with Crippen LogP contribution in [0, 0.1) is 19.7 Å². The molecule has 0 unspecified atom stereocenters. The number of para-hydroxylation sites is 1. The molecule has 0 saturated heterocycles. The van der Waals surface area contributed by atoms with Crippen LogP contribution in [0.2, 0.25) is 0 Å². The van der Waals surface area contributed by atoms with Crippen LogP contribution in [0.4, 0.5) is 4.39 Å². The maximum atomic E-state index is 14.4. The maximum Gasteiger partial charge on any atom is 0.307 e. The molecule has 2 aromatic carbocycles. The number of carbonyl (C=O) groups is 1. The highest BCUT2D eigenvalue weighted by Crippen LogP contribution is 2.24. The molecule has 0 bridgehead atoms. The fraction of sp³-hybridized carbons (Fsp3) is 0.0909. The van der Waals surface area contributed by atoms with Crippen molar-refractivity contribution in [1.82, 2.24) is 9.99 Å². The van der Waals surface area contributed by atoms with Crippen LogP contribution in [0.3, 0.4) is 0 Å². The van der Waals surface area contributed by atoms with E-state index >= 15 is 0 Å². The Morgan fingerprint density at radius 3 is 2.72 bits per heavy atom. The summed E-state index contributed by atoms with van der Waals surface area (Å²) >= 11 is 3.27. The summed E-state index contributed by atoms with van der Waals surface area (Å²) in [6, 6.07) is 15.9. The number of amides is 1. The smallest absolute Gasteiger partial charge is 0.307 e. The first-order valence-corrected chi connectivity index (χ1v) is 9.69. The summed E-state index contributed by atoms with van der Waals surface area (Å²) < 4.78 is 22.4. The number of halogens is 2. The van der Waals surface area contributed by atoms with E-state index in [0.717, 1.165) is 22.3 Å². The molecular formula is C22H17BrFN3O2. The minimum absolute atomic E-state index is 0.186. The summed E-state index contributed by atoms with van der Waals surface area (Å²) in [4.78, 5) is 12.3. The van der Waals surface area contributed by atoms with Gasteiger partial charge in [0.05, 0.1) is 11.9 Å². The lowest BCUT2D eigenvalue weighted by Gasteiger charge is -2.11. The standard InChI is InChI=1S/C22H17BrFN3O2/c1-13-9-16(14(2)27(13)19-8-7-17(23)11-18(19)24)12-25-26-22(28)21-10-15-5-3-4-6-20(15)29-21/h3-12H,1-2H3,(H,26,28). The molecular weight excluding hydrogens is 437 g/mol. The average molecular weight is 454 g/mol. The third-order valence-corrected chi connectivity index (χ3v) is 5.13. The Balaban J connectivity index is 1.55. The summed E-state index contributed by atoms with van der Waals surface area (Å²) in [5, 5.41) is 4.88. The average Bonchev–Trinajstić information content (AvgIpc) is 3.24. The van der Waals surface area contributed by atoms with E-state index in [1.165, 1.54) is 12.3 Å². The van der Waals surface area contributed by atoms with E-state index in [0.29, 0.717) is 15.7 Å². The SMILES string of the molecule is Cc1cc(C=NNC(=O)c2cc3ccccc3o2)c(C)n1-c1ccc(Br)cc1F. The molecule has 146 valence electrons. The van der Waals surface area contributed by atoms with Crippen LogP contribution >= 0.6 is 15.9 Å². The quantitative estimate of drug-likeness (QED) is 0.327. The van der Waals surface area contributed by atoms with Gasteiger partial charge in [0.25, 0.3) is 0 Å². The van der Waals surface area contributed by atoms with Crippen LogP contribution in [0.15, 0.2) is 68.6 Å². The first kappa shape index (κ1) is 19.1. The lowest BCUT2D eigenvalue weighted by molar-refractivity contribution is 0.0929. The highest BCUT2D eigenvalue weighted by molar-refractivity contribution is 9.10. The van der Waals surface area contributed by atoms with Gasteiger partial charge in [-0.15, -0.1) is 0 Å². The third kappa shape index (κ3) is 3.73. The fourth-order valence-corrected chi connectivity index (χ4v) is 3.59. The number of hydrazone groups is 1. The Labute approximate surface area is 175 Å². The van der Waals surface area contributed by atoms with Crippen LogP contribution in [0.25, 0.3) is 16.7 Å². The fourth-order valence-electron chi connectivity index (χ4n) is 3.26. The molecule has 0 aliphatic carbocycles. The molecule has 0 saturated carbocycles. The van der Waals surface area contributed by atoms with Crippen LogP contribution < -0.4 is 5.43 Å². The Bertz CT molecular complexity index is 1220. The molecule has 2 heterocycles. The number of hydrogen-bond donors (Lipinski definition) is 1. The Morgan fingerprint density at radius 1 is 1.17 bits per heavy atom.